The van der Waals surface area contributed by atoms with Crippen LogP contribution in [-0.4, -0.2) is 22.0 Å². The number of primary amides is 1. The molecule has 0 saturated carbocycles. The lowest BCUT2D eigenvalue weighted by molar-refractivity contribution is -0.119. The summed E-state index contributed by atoms with van der Waals surface area (Å²) in [4.78, 5) is 16.6. The van der Waals surface area contributed by atoms with Crippen molar-refractivity contribution in [1.82, 2.24) is 4.98 Å². The summed E-state index contributed by atoms with van der Waals surface area (Å²) in [6.45, 7) is 3.75. The first-order chi connectivity index (χ1) is 15.0. The molecule has 0 bridgehead atoms. The Balaban J connectivity index is 1.80. The van der Waals surface area contributed by atoms with Gasteiger partial charge in [0.25, 0.3) is 0 Å². The van der Waals surface area contributed by atoms with Crippen LogP contribution in [0, 0.1) is 5.92 Å². The predicted octanol–water partition coefficient (Wildman–Crippen LogP) is 4.55. The highest BCUT2D eigenvalue weighted by atomic mass is 16.3. The highest BCUT2D eigenvalue weighted by Gasteiger charge is 2.19. The smallest absolute Gasteiger partial charge is 0.240 e. The quantitative estimate of drug-likeness (QED) is 0.333. The molecule has 0 fully saturated rings. The van der Waals surface area contributed by atoms with Gasteiger partial charge in [-0.2, -0.15) is 0 Å². The molecular weight excluding hydrogens is 388 g/mol. The second kappa shape index (κ2) is 8.62. The number of para-hydroxylation sites is 2. The van der Waals surface area contributed by atoms with E-state index in [-0.39, 0.29) is 12.5 Å². The Labute approximate surface area is 181 Å². The fraction of sp³-hybridized carbons (Fsp3) is 0.200. The van der Waals surface area contributed by atoms with Crippen LogP contribution in [0.3, 0.4) is 0 Å². The van der Waals surface area contributed by atoms with Gasteiger partial charge in [0.15, 0.2) is 0 Å². The fourth-order valence-electron chi connectivity index (χ4n) is 3.80. The van der Waals surface area contributed by atoms with Gasteiger partial charge in [-0.25, -0.2) is 4.98 Å². The molecule has 4 aromatic rings. The molecule has 1 heterocycles. The number of hydrogen-bond acceptors (Lipinski definition) is 5. The molecule has 0 saturated heterocycles. The van der Waals surface area contributed by atoms with E-state index in [0.29, 0.717) is 5.69 Å². The summed E-state index contributed by atoms with van der Waals surface area (Å²) in [5.41, 5.74) is 10.5. The fourth-order valence-corrected chi connectivity index (χ4v) is 3.80. The molecular formula is C25H26N4O2. The van der Waals surface area contributed by atoms with Gasteiger partial charge in [0, 0.05) is 22.1 Å². The number of carbonyl (C=O) groups excluding carboxylic acids is 1. The standard InChI is InChI=1S/C25H26N4O2/c1-15(2)23(25(26)31)27-17-11-16(14-30)12-18(13-17)28-24-19-7-3-5-9-21(19)29-22-10-6-4-8-20(22)24/h3-13,15,23,27,30H,14H2,1-2H3,(H2,26,31)(H,28,29)/t23-/m0/s1. The molecule has 4 rings (SSSR count). The molecule has 31 heavy (non-hydrogen) atoms. The van der Waals surface area contributed by atoms with Gasteiger partial charge in [-0.15, -0.1) is 0 Å². The first-order valence-corrected chi connectivity index (χ1v) is 10.3. The van der Waals surface area contributed by atoms with Crippen molar-refractivity contribution in [3.05, 3.63) is 72.3 Å². The minimum absolute atomic E-state index is 0.0276. The molecule has 3 aromatic carbocycles. The van der Waals surface area contributed by atoms with Gasteiger partial charge < -0.3 is 21.5 Å². The number of nitrogens with two attached hydrogens (primary N) is 1. The van der Waals surface area contributed by atoms with Gasteiger partial charge in [-0.05, 0) is 41.8 Å². The lowest BCUT2D eigenvalue weighted by Gasteiger charge is -2.21. The van der Waals surface area contributed by atoms with Crippen LogP contribution in [-0.2, 0) is 11.4 Å². The van der Waals surface area contributed by atoms with E-state index < -0.39 is 11.9 Å². The summed E-state index contributed by atoms with van der Waals surface area (Å²) in [5, 5.41) is 18.5. The van der Waals surface area contributed by atoms with Crippen LogP contribution in [0.5, 0.6) is 0 Å². The van der Waals surface area contributed by atoms with Crippen LogP contribution in [0.15, 0.2) is 66.7 Å². The zero-order valence-electron chi connectivity index (χ0n) is 17.6. The Bertz CT molecular complexity index is 1200. The zero-order valence-corrected chi connectivity index (χ0v) is 17.6. The largest absolute Gasteiger partial charge is 0.392 e. The van der Waals surface area contributed by atoms with Gasteiger partial charge in [0.1, 0.15) is 6.04 Å². The van der Waals surface area contributed by atoms with Crippen LogP contribution in [0.25, 0.3) is 21.8 Å². The number of rotatable bonds is 7. The Hall–Kier alpha value is -3.64. The van der Waals surface area contributed by atoms with E-state index in [0.717, 1.165) is 38.7 Å². The first-order valence-electron chi connectivity index (χ1n) is 10.3. The maximum Gasteiger partial charge on any atom is 0.240 e. The molecule has 0 spiro atoms. The van der Waals surface area contributed by atoms with E-state index in [1.807, 2.05) is 80.6 Å². The highest BCUT2D eigenvalue weighted by molar-refractivity contribution is 6.08. The number of aromatic nitrogens is 1. The van der Waals surface area contributed by atoms with Gasteiger partial charge in [-0.1, -0.05) is 50.2 Å². The van der Waals surface area contributed by atoms with Crippen LogP contribution < -0.4 is 16.4 Å². The van der Waals surface area contributed by atoms with E-state index >= 15 is 0 Å². The summed E-state index contributed by atoms with van der Waals surface area (Å²) >= 11 is 0. The molecule has 0 radical (unpaired) electrons. The summed E-state index contributed by atoms with van der Waals surface area (Å²) in [6.07, 6.45) is 0. The number of amides is 1. The predicted molar refractivity (Wildman–Crippen MR) is 126 cm³/mol. The van der Waals surface area contributed by atoms with Gasteiger partial charge in [-0.3, -0.25) is 4.79 Å². The Kier molecular flexibility index (Phi) is 5.73. The zero-order chi connectivity index (χ0) is 22.0. The van der Waals surface area contributed by atoms with Crippen LogP contribution in [0.4, 0.5) is 17.1 Å². The van der Waals surface area contributed by atoms with Gasteiger partial charge in [0.2, 0.25) is 5.91 Å². The average Bonchev–Trinajstić information content (AvgIpc) is 2.76. The Morgan fingerprint density at radius 3 is 2.10 bits per heavy atom. The molecule has 158 valence electrons. The van der Waals surface area contributed by atoms with Gasteiger partial charge >= 0.3 is 0 Å². The van der Waals surface area contributed by atoms with Crippen molar-refractivity contribution in [2.24, 2.45) is 11.7 Å². The summed E-state index contributed by atoms with van der Waals surface area (Å²) in [7, 11) is 0. The lowest BCUT2D eigenvalue weighted by atomic mass is 10.0. The maximum absolute atomic E-state index is 11.9. The first kappa shape index (κ1) is 20.6. The number of nitrogens with zero attached hydrogens (tertiary/aromatic N) is 1. The van der Waals surface area contributed by atoms with Crippen molar-refractivity contribution in [2.45, 2.75) is 26.5 Å². The van der Waals surface area contributed by atoms with Crippen LogP contribution >= 0.6 is 0 Å². The summed E-state index contributed by atoms with van der Waals surface area (Å²) < 4.78 is 0. The minimum atomic E-state index is -0.510. The maximum atomic E-state index is 11.9. The van der Waals surface area contributed by atoms with E-state index in [1.165, 1.54) is 0 Å². The number of nitrogens with one attached hydrogen (secondary N) is 2. The van der Waals surface area contributed by atoms with Crippen molar-refractivity contribution in [3.8, 4) is 0 Å². The Morgan fingerprint density at radius 1 is 0.968 bits per heavy atom. The van der Waals surface area contributed by atoms with Crippen LogP contribution in [0.2, 0.25) is 0 Å². The van der Waals surface area contributed by atoms with Crippen molar-refractivity contribution >= 4 is 44.8 Å². The third kappa shape index (κ3) is 4.29. The third-order valence-corrected chi connectivity index (χ3v) is 5.33. The number of aliphatic hydroxyl groups is 1. The molecule has 6 heteroatoms. The number of pyridine rings is 1. The molecule has 0 aliphatic carbocycles. The molecule has 0 unspecified atom stereocenters. The number of fused-ring (bicyclic) bond motifs is 2. The number of aliphatic hydroxyl groups excluding tert-OH is 1. The molecule has 5 N–H and O–H groups in total. The molecule has 6 nitrogen and oxygen atoms in total. The van der Waals surface area contributed by atoms with Crippen molar-refractivity contribution in [1.29, 1.82) is 0 Å². The van der Waals surface area contributed by atoms with E-state index in [2.05, 4.69) is 10.6 Å². The number of hydrogen-bond donors (Lipinski definition) is 4. The van der Waals surface area contributed by atoms with Crippen molar-refractivity contribution in [2.75, 3.05) is 10.6 Å². The van der Waals surface area contributed by atoms with Crippen molar-refractivity contribution < 1.29 is 9.90 Å². The molecule has 0 aliphatic heterocycles. The monoisotopic (exact) mass is 414 g/mol. The summed E-state index contributed by atoms with van der Waals surface area (Å²) in [5.74, 6) is -0.384. The topological polar surface area (TPSA) is 100 Å². The number of benzene rings is 3. The third-order valence-electron chi connectivity index (χ3n) is 5.33. The molecule has 1 aromatic heterocycles. The molecule has 0 aliphatic rings. The van der Waals surface area contributed by atoms with E-state index in [9.17, 15) is 9.90 Å². The highest BCUT2D eigenvalue weighted by Crippen LogP contribution is 2.34. The Morgan fingerprint density at radius 2 is 1.55 bits per heavy atom. The van der Waals surface area contributed by atoms with E-state index in [1.54, 1.807) is 0 Å². The summed E-state index contributed by atoms with van der Waals surface area (Å²) in [6, 6.07) is 21.1. The van der Waals surface area contributed by atoms with E-state index in [4.69, 9.17) is 10.7 Å². The minimum Gasteiger partial charge on any atom is -0.392 e. The van der Waals surface area contributed by atoms with Gasteiger partial charge in [0.05, 0.1) is 23.3 Å². The van der Waals surface area contributed by atoms with Crippen molar-refractivity contribution in [3.63, 3.8) is 0 Å². The second-order valence-electron chi connectivity index (χ2n) is 7.99. The SMILES string of the molecule is CC(C)[C@H](Nc1cc(CO)cc(Nc2c3ccccc3nc3ccccc23)c1)C(N)=O. The normalized spacial score (nSPS) is 12.3. The lowest BCUT2D eigenvalue weighted by Crippen LogP contribution is -2.39. The second-order valence-corrected chi connectivity index (χ2v) is 7.99. The van der Waals surface area contributed by atoms with Crippen LogP contribution in [0.1, 0.15) is 19.4 Å². The molecule has 1 amide bonds. The number of anilines is 3. The molecule has 1 atom stereocenters. The average molecular weight is 415 g/mol. The number of carbonyl (C=O) groups is 1.